The fraction of sp³-hybridized carbons (Fsp3) is 0.368. The zero-order valence-electron chi connectivity index (χ0n) is 14.6. The Hall–Kier alpha value is -1.49. The summed E-state index contributed by atoms with van der Waals surface area (Å²) < 4.78 is 24.1. The quantitative estimate of drug-likeness (QED) is 0.659. The van der Waals surface area contributed by atoms with Crippen molar-refractivity contribution in [2.45, 2.75) is 39.5 Å². The van der Waals surface area contributed by atoms with Crippen LogP contribution in [-0.2, 0) is 13.2 Å². The molecule has 1 atom stereocenters. The van der Waals surface area contributed by atoms with E-state index < -0.39 is 0 Å². The molecular formula is C19H24Cl2FNO2. The number of halogens is 3. The standard InChI is InChI=1S/C19H23ClFNO2.ClH/c1-4-13(2)22-11-15-9-17(20)19(18(10-15)23-3)24-12-14-5-7-16(21)8-6-14;/h5-10,13,22H,4,11-12H2,1-3H3;1H. The maximum Gasteiger partial charge on any atom is 0.180 e. The van der Waals surface area contributed by atoms with Crippen LogP contribution in [0.2, 0.25) is 5.02 Å². The van der Waals surface area contributed by atoms with E-state index in [9.17, 15) is 4.39 Å². The van der Waals surface area contributed by atoms with E-state index in [1.807, 2.05) is 12.1 Å². The van der Waals surface area contributed by atoms with Gasteiger partial charge in [0, 0.05) is 12.6 Å². The molecule has 0 radical (unpaired) electrons. The normalized spacial score (nSPS) is 11.6. The SMILES string of the molecule is CCC(C)NCc1cc(Cl)c(OCc2ccc(F)cc2)c(OC)c1.Cl. The molecule has 0 fully saturated rings. The van der Waals surface area contributed by atoms with Gasteiger partial charge >= 0.3 is 0 Å². The van der Waals surface area contributed by atoms with E-state index in [-0.39, 0.29) is 18.2 Å². The van der Waals surface area contributed by atoms with Crippen LogP contribution in [0.3, 0.4) is 0 Å². The van der Waals surface area contributed by atoms with Crippen LogP contribution in [0, 0.1) is 5.82 Å². The van der Waals surface area contributed by atoms with E-state index in [1.54, 1.807) is 19.2 Å². The molecule has 1 N–H and O–H groups in total. The Morgan fingerprint density at radius 3 is 2.44 bits per heavy atom. The van der Waals surface area contributed by atoms with Crippen molar-refractivity contribution in [1.29, 1.82) is 0 Å². The van der Waals surface area contributed by atoms with E-state index in [0.29, 0.717) is 35.7 Å². The molecule has 0 spiro atoms. The Bertz CT molecular complexity index is 665. The highest BCUT2D eigenvalue weighted by Crippen LogP contribution is 2.37. The van der Waals surface area contributed by atoms with E-state index in [0.717, 1.165) is 17.5 Å². The lowest BCUT2D eigenvalue weighted by molar-refractivity contribution is 0.284. The number of hydrogen-bond acceptors (Lipinski definition) is 3. The van der Waals surface area contributed by atoms with Crippen molar-refractivity contribution >= 4 is 24.0 Å². The van der Waals surface area contributed by atoms with Gasteiger partial charge in [-0.1, -0.05) is 30.7 Å². The first kappa shape index (κ1) is 21.6. The minimum atomic E-state index is -0.271. The second-order valence-electron chi connectivity index (χ2n) is 5.71. The lowest BCUT2D eigenvalue weighted by Gasteiger charge is -2.16. The smallest absolute Gasteiger partial charge is 0.180 e. The van der Waals surface area contributed by atoms with Gasteiger partial charge in [-0.05, 0) is 48.7 Å². The topological polar surface area (TPSA) is 30.5 Å². The second-order valence-corrected chi connectivity index (χ2v) is 6.12. The van der Waals surface area contributed by atoms with Crippen molar-refractivity contribution in [3.8, 4) is 11.5 Å². The molecular weight excluding hydrogens is 364 g/mol. The predicted molar refractivity (Wildman–Crippen MR) is 103 cm³/mol. The number of rotatable bonds is 8. The van der Waals surface area contributed by atoms with E-state index in [1.165, 1.54) is 12.1 Å². The second kappa shape index (κ2) is 10.5. The van der Waals surface area contributed by atoms with Crippen molar-refractivity contribution in [1.82, 2.24) is 5.32 Å². The van der Waals surface area contributed by atoms with Gasteiger partial charge in [-0.25, -0.2) is 4.39 Å². The number of nitrogens with one attached hydrogen (secondary N) is 1. The van der Waals surface area contributed by atoms with Crippen molar-refractivity contribution < 1.29 is 13.9 Å². The highest BCUT2D eigenvalue weighted by Gasteiger charge is 2.13. The molecule has 0 saturated carbocycles. The molecule has 138 valence electrons. The summed E-state index contributed by atoms with van der Waals surface area (Å²) in [5.41, 5.74) is 1.89. The first-order valence-electron chi connectivity index (χ1n) is 8.00. The first-order valence-corrected chi connectivity index (χ1v) is 8.38. The van der Waals surface area contributed by atoms with Crippen LogP contribution in [0.15, 0.2) is 36.4 Å². The average Bonchev–Trinajstić information content (AvgIpc) is 2.59. The maximum atomic E-state index is 12.9. The Morgan fingerprint density at radius 1 is 1.16 bits per heavy atom. The fourth-order valence-corrected chi connectivity index (χ4v) is 2.48. The van der Waals surface area contributed by atoms with E-state index in [4.69, 9.17) is 21.1 Å². The van der Waals surface area contributed by atoms with E-state index >= 15 is 0 Å². The summed E-state index contributed by atoms with van der Waals surface area (Å²) in [6.45, 7) is 5.28. The summed E-state index contributed by atoms with van der Waals surface area (Å²) in [5.74, 6) is 0.814. The third kappa shape index (κ3) is 6.38. The van der Waals surface area contributed by atoms with Gasteiger partial charge in [0.25, 0.3) is 0 Å². The van der Waals surface area contributed by atoms with Gasteiger partial charge in [0.2, 0.25) is 0 Å². The summed E-state index contributed by atoms with van der Waals surface area (Å²) >= 11 is 6.36. The lowest BCUT2D eigenvalue weighted by atomic mass is 10.1. The van der Waals surface area contributed by atoms with Crippen molar-refractivity contribution in [2.24, 2.45) is 0 Å². The monoisotopic (exact) mass is 387 g/mol. The van der Waals surface area contributed by atoms with Gasteiger partial charge in [-0.3, -0.25) is 0 Å². The van der Waals surface area contributed by atoms with Gasteiger partial charge in [0.1, 0.15) is 12.4 Å². The van der Waals surface area contributed by atoms with Gasteiger partial charge in [-0.15, -0.1) is 12.4 Å². The molecule has 0 bridgehead atoms. The summed E-state index contributed by atoms with van der Waals surface area (Å²) in [6, 6.07) is 10.4. The number of hydrogen-bond donors (Lipinski definition) is 1. The Balaban J connectivity index is 0.00000312. The Labute approximate surface area is 159 Å². The zero-order valence-corrected chi connectivity index (χ0v) is 16.2. The van der Waals surface area contributed by atoms with Gasteiger partial charge in [0.05, 0.1) is 12.1 Å². The molecule has 0 saturated heterocycles. The van der Waals surface area contributed by atoms with Crippen LogP contribution in [0.4, 0.5) is 4.39 Å². The summed E-state index contributed by atoms with van der Waals surface area (Å²) in [7, 11) is 1.59. The first-order chi connectivity index (χ1) is 11.5. The molecule has 6 heteroatoms. The molecule has 0 aliphatic carbocycles. The number of benzene rings is 2. The van der Waals surface area contributed by atoms with Gasteiger partial charge in [0.15, 0.2) is 11.5 Å². The minimum absolute atomic E-state index is 0. The Kier molecular flexibility index (Phi) is 9.04. The highest BCUT2D eigenvalue weighted by atomic mass is 35.5. The molecule has 0 aliphatic rings. The molecule has 2 rings (SSSR count). The molecule has 25 heavy (non-hydrogen) atoms. The molecule has 0 aromatic heterocycles. The third-order valence-corrected chi connectivity index (χ3v) is 4.13. The van der Waals surface area contributed by atoms with Crippen molar-refractivity contribution in [2.75, 3.05) is 7.11 Å². The molecule has 0 aliphatic heterocycles. The molecule has 2 aromatic rings. The van der Waals surface area contributed by atoms with Crippen LogP contribution in [-0.4, -0.2) is 13.2 Å². The molecule has 1 unspecified atom stereocenters. The van der Waals surface area contributed by atoms with Crippen LogP contribution in [0.1, 0.15) is 31.4 Å². The van der Waals surface area contributed by atoms with Crippen LogP contribution < -0.4 is 14.8 Å². The van der Waals surface area contributed by atoms with Crippen LogP contribution in [0.5, 0.6) is 11.5 Å². The third-order valence-electron chi connectivity index (χ3n) is 3.85. The van der Waals surface area contributed by atoms with E-state index in [2.05, 4.69) is 19.2 Å². The predicted octanol–water partition coefficient (Wildman–Crippen LogP) is 5.38. The number of ether oxygens (including phenoxy) is 2. The zero-order chi connectivity index (χ0) is 17.5. The molecule has 0 amide bonds. The number of methoxy groups -OCH3 is 1. The molecule has 2 aromatic carbocycles. The molecule has 0 heterocycles. The Morgan fingerprint density at radius 2 is 1.84 bits per heavy atom. The van der Waals surface area contributed by atoms with Crippen LogP contribution >= 0.6 is 24.0 Å². The van der Waals surface area contributed by atoms with Crippen LogP contribution in [0.25, 0.3) is 0 Å². The lowest BCUT2D eigenvalue weighted by Crippen LogP contribution is -2.24. The highest BCUT2D eigenvalue weighted by molar-refractivity contribution is 6.32. The summed E-state index contributed by atoms with van der Waals surface area (Å²) in [5, 5.41) is 3.92. The fourth-order valence-electron chi connectivity index (χ4n) is 2.19. The summed E-state index contributed by atoms with van der Waals surface area (Å²) in [4.78, 5) is 0. The molecule has 3 nitrogen and oxygen atoms in total. The van der Waals surface area contributed by atoms with Crippen molar-refractivity contribution in [3.63, 3.8) is 0 Å². The average molecular weight is 388 g/mol. The van der Waals surface area contributed by atoms with Gasteiger partial charge in [-0.2, -0.15) is 0 Å². The minimum Gasteiger partial charge on any atom is -0.493 e. The summed E-state index contributed by atoms with van der Waals surface area (Å²) in [6.07, 6.45) is 1.06. The maximum absolute atomic E-state index is 12.9. The largest absolute Gasteiger partial charge is 0.493 e. The van der Waals surface area contributed by atoms with Gasteiger partial charge < -0.3 is 14.8 Å². The van der Waals surface area contributed by atoms with Crippen molar-refractivity contribution in [3.05, 3.63) is 58.4 Å².